The number of pyridine rings is 1. The summed E-state index contributed by atoms with van der Waals surface area (Å²) in [6.07, 6.45) is 4.71. The Morgan fingerprint density at radius 2 is 2.24 bits per heavy atom. The number of nitrogens with zero attached hydrogens (tertiary/aromatic N) is 2. The maximum Gasteiger partial charge on any atom is 0.376 e. The number of carbonyl (C=O) groups is 1. The molecule has 1 aliphatic rings. The van der Waals surface area contributed by atoms with Gasteiger partial charge in [0.15, 0.2) is 5.58 Å². The first-order valence-corrected chi connectivity index (χ1v) is 7.77. The van der Waals surface area contributed by atoms with Gasteiger partial charge in [-0.1, -0.05) is 11.2 Å². The van der Waals surface area contributed by atoms with Gasteiger partial charge in [0, 0.05) is 22.8 Å². The average Bonchev–Trinajstić information content (AvgIpc) is 3.22. The zero-order chi connectivity index (χ0) is 17.4. The molecule has 1 aliphatic carbocycles. The van der Waals surface area contributed by atoms with Gasteiger partial charge in [0.25, 0.3) is 0 Å². The molecule has 0 atom stereocenters. The quantitative estimate of drug-likeness (QED) is 0.431. The number of hydrogen-bond donors (Lipinski definition) is 2. The Bertz CT molecular complexity index is 1010. The van der Waals surface area contributed by atoms with Crippen LogP contribution in [-0.4, -0.2) is 29.0 Å². The molecule has 0 unspecified atom stereocenters. The van der Waals surface area contributed by atoms with E-state index in [4.69, 9.17) is 14.4 Å². The SMILES string of the molecule is COC(=O)c1oc2cnccc2c1Nc1ccc2c(c1)CC/C2=N/O. The van der Waals surface area contributed by atoms with Crippen molar-refractivity contribution in [2.75, 3.05) is 12.4 Å². The van der Waals surface area contributed by atoms with Crippen molar-refractivity contribution >= 4 is 34.0 Å². The van der Waals surface area contributed by atoms with Crippen LogP contribution in [0.15, 0.2) is 46.2 Å². The first-order chi connectivity index (χ1) is 12.2. The van der Waals surface area contributed by atoms with Crippen molar-refractivity contribution in [1.29, 1.82) is 0 Å². The van der Waals surface area contributed by atoms with Crippen LogP contribution in [0.25, 0.3) is 11.0 Å². The summed E-state index contributed by atoms with van der Waals surface area (Å²) in [6.45, 7) is 0. The minimum atomic E-state index is -0.561. The Hall–Kier alpha value is -3.35. The number of ether oxygens (including phenoxy) is 1. The predicted molar refractivity (Wildman–Crippen MR) is 91.7 cm³/mol. The van der Waals surface area contributed by atoms with Crippen molar-refractivity contribution in [3.05, 3.63) is 53.5 Å². The van der Waals surface area contributed by atoms with Crippen LogP contribution in [-0.2, 0) is 11.2 Å². The number of benzene rings is 1. The standard InChI is InChI=1S/C18H15N3O4/c1-24-18(22)17-16(13-6-7-19-9-15(13)25-17)20-11-3-4-12-10(8-11)2-5-14(12)21-23/h3-4,6-9,20,23H,2,5H2,1H3/b21-14-. The Morgan fingerprint density at radius 1 is 1.36 bits per heavy atom. The lowest BCUT2D eigenvalue weighted by Crippen LogP contribution is -2.03. The van der Waals surface area contributed by atoms with Crippen LogP contribution in [0.1, 0.15) is 28.1 Å². The van der Waals surface area contributed by atoms with Crippen molar-refractivity contribution in [3.63, 3.8) is 0 Å². The van der Waals surface area contributed by atoms with Gasteiger partial charge < -0.3 is 19.7 Å². The van der Waals surface area contributed by atoms with Crippen molar-refractivity contribution in [1.82, 2.24) is 4.98 Å². The highest BCUT2D eigenvalue weighted by Crippen LogP contribution is 2.34. The smallest absolute Gasteiger partial charge is 0.376 e. The lowest BCUT2D eigenvalue weighted by molar-refractivity contribution is 0.0569. The van der Waals surface area contributed by atoms with Gasteiger partial charge in [0.1, 0.15) is 5.69 Å². The molecule has 0 saturated heterocycles. The third kappa shape index (κ3) is 2.50. The molecule has 2 aromatic heterocycles. The number of methoxy groups -OCH3 is 1. The second kappa shape index (κ2) is 5.94. The molecule has 25 heavy (non-hydrogen) atoms. The van der Waals surface area contributed by atoms with Crippen LogP contribution >= 0.6 is 0 Å². The number of nitrogens with one attached hydrogen (secondary N) is 1. The number of hydrogen-bond acceptors (Lipinski definition) is 7. The molecule has 0 spiro atoms. The van der Waals surface area contributed by atoms with Gasteiger partial charge in [-0.15, -0.1) is 0 Å². The molecule has 3 aromatic rings. The molecule has 0 fully saturated rings. The van der Waals surface area contributed by atoms with E-state index in [0.717, 1.165) is 28.6 Å². The summed E-state index contributed by atoms with van der Waals surface area (Å²) in [5.74, 6) is -0.460. The Kier molecular flexibility index (Phi) is 3.61. The number of fused-ring (bicyclic) bond motifs is 2. The highest BCUT2D eigenvalue weighted by atomic mass is 16.5. The van der Waals surface area contributed by atoms with Gasteiger partial charge in [-0.25, -0.2) is 4.79 Å². The molecule has 7 nitrogen and oxygen atoms in total. The predicted octanol–water partition coefficient (Wildman–Crippen LogP) is 3.48. The van der Waals surface area contributed by atoms with E-state index in [1.54, 1.807) is 18.5 Å². The summed E-state index contributed by atoms with van der Waals surface area (Å²) in [7, 11) is 1.31. The summed E-state index contributed by atoms with van der Waals surface area (Å²) in [6, 6.07) is 7.53. The minimum Gasteiger partial charge on any atom is -0.463 e. The fourth-order valence-electron chi connectivity index (χ4n) is 3.11. The summed E-state index contributed by atoms with van der Waals surface area (Å²) in [4.78, 5) is 16.1. The molecule has 4 rings (SSSR count). The first kappa shape index (κ1) is 15.2. The van der Waals surface area contributed by atoms with Crippen molar-refractivity contribution in [3.8, 4) is 0 Å². The van der Waals surface area contributed by atoms with E-state index in [1.165, 1.54) is 7.11 Å². The van der Waals surface area contributed by atoms with E-state index in [9.17, 15) is 4.79 Å². The van der Waals surface area contributed by atoms with E-state index in [1.807, 2.05) is 18.2 Å². The van der Waals surface area contributed by atoms with Crippen LogP contribution in [0.5, 0.6) is 0 Å². The van der Waals surface area contributed by atoms with Crippen molar-refractivity contribution < 1.29 is 19.2 Å². The van der Waals surface area contributed by atoms with Crippen molar-refractivity contribution in [2.24, 2.45) is 5.16 Å². The van der Waals surface area contributed by atoms with E-state index in [2.05, 4.69) is 15.5 Å². The number of aryl methyl sites for hydroxylation is 1. The van der Waals surface area contributed by atoms with E-state index in [-0.39, 0.29) is 5.76 Å². The molecule has 2 N–H and O–H groups in total. The maximum absolute atomic E-state index is 12.0. The first-order valence-electron chi connectivity index (χ1n) is 7.77. The molecule has 2 heterocycles. The molecule has 0 radical (unpaired) electrons. The van der Waals surface area contributed by atoms with E-state index < -0.39 is 5.97 Å². The minimum absolute atomic E-state index is 0.101. The molecule has 0 saturated carbocycles. The molecule has 0 aliphatic heterocycles. The van der Waals surface area contributed by atoms with Crippen LogP contribution in [0.4, 0.5) is 11.4 Å². The fraction of sp³-hybridized carbons (Fsp3) is 0.167. The summed E-state index contributed by atoms with van der Waals surface area (Å²) in [5, 5.41) is 16.4. The second-order valence-electron chi connectivity index (χ2n) is 5.71. The number of carbonyl (C=O) groups excluding carboxylic acids is 1. The van der Waals surface area contributed by atoms with Crippen molar-refractivity contribution in [2.45, 2.75) is 12.8 Å². The molecule has 0 bridgehead atoms. The second-order valence-corrected chi connectivity index (χ2v) is 5.71. The Balaban J connectivity index is 1.77. The van der Waals surface area contributed by atoms with Crippen LogP contribution in [0.3, 0.4) is 0 Å². The maximum atomic E-state index is 12.0. The number of furan rings is 1. The molecular formula is C18H15N3O4. The van der Waals surface area contributed by atoms with E-state index in [0.29, 0.717) is 23.4 Å². The van der Waals surface area contributed by atoms with Gasteiger partial charge in [-0.2, -0.15) is 0 Å². The highest BCUT2D eigenvalue weighted by molar-refractivity contribution is 6.06. The molecule has 7 heteroatoms. The largest absolute Gasteiger partial charge is 0.463 e. The van der Waals surface area contributed by atoms with Crippen LogP contribution in [0.2, 0.25) is 0 Å². The van der Waals surface area contributed by atoms with Crippen LogP contribution in [0, 0.1) is 0 Å². The highest BCUT2D eigenvalue weighted by Gasteiger charge is 2.23. The monoisotopic (exact) mass is 337 g/mol. The third-order valence-electron chi connectivity index (χ3n) is 4.30. The van der Waals surface area contributed by atoms with Gasteiger partial charge in [-0.3, -0.25) is 4.98 Å². The Labute approximate surface area is 142 Å². The average molecular weight is 337 g/mol. The fourth-order valence-corrected chi connectivity index (χ4v) is 3.11. The molecule has 0 amide bonds. The van der Waals surface area contributed by atoms with E-state index >= 15 is 0 Å². The molecule has 1 aromatic carbocycles. The molecular weight excluding hydrogens is 322 g/mol. The normalized spacial score (nSPS) is 14.7. The van der Waals surface area contributed by atoms with Gasteiger partial charge >= 0.3 is 5.97 Å². The zero-order valence-corrected chi connectivity index (χ0v) is 13.4. The number of oxime groups is 1. The number of rotatable bonds is 3. The number of aromatic nitrogens is 1. The Morgan fingerprint density at radius 3 is 3.04 bits per heavy atom. The number of anilines is 2. The summed E-state index contributed by atoms with van der Waals surface area (Å²) < 4.78 is 10.4. The zero-order valence-electron chi connectivity index (χ0n) is 13.4. The van der Waals surface area contributed by atoms with Crippen LogP contribution < -0.4 is 5.32 Å². The molecule has 126 valence electrons. The lowest BCUT2D eigenvalue weighted by Gasteiger charge is -2.08. The van der Waals surface area contributed by atoms with Gasteiger partial charge in [-0.05, 0) is 36.6 Å². The number of esters is 1. The topological polar surface area (TPSA) is 97.0 Å². The van der Waals surface area contributed by atoms with Gasteiger partial charge in [0.2, 0.25) is 5.76 Å². The van der Waals surface area contributed by atoms with Gasteiger partial charge in [0.05, 0.1) is 19.0 Å². The lowest BCUT2D eigenvalue weighted by atomic mass is 10.1. The summed E-state index contributed by atoms with van der Waals surface area (Å²) >= 11 is 0. The third-order valence-corrected chi connectivity index (χ3v) is 4.30. The summed E-state index contributed by atoms with van der Waals surface area (Å²) in [5.41, 5.74) is 4.58.